The molecule has 2 aromatic carbocycles. The minimum absolute atomic E-state index is 0.0251. The van der Waals surface area contributed by atoms with Gasteiger partial charge in [-0.05, 0) is 55.8 Å². The van der Waals surface area contributed by atoms with Crippen LogP contribution in [0.25, 0.3) is 5.69 Å². The van der Waals surface area contributed by atoms with Crippen LogP contribution in [-0.4, -0.2) is 28.7 Å². The van der Waals surface area contributed by atoms with Crippen molar-refractivity contribution in [2.75, 3.05) is 12.4 Å². The second kappa shape index (κ2) is 7.38. The molecule has 28 heavy (non-hydrogen) atoms. The van der Waals surface area contributed by atoms with Crippen LogP contribution < -0.4 is 14.8 Å². The second-order valence-electron chi connectivity index (χ2n) is 7.09. The fourth-order valence-corrected chi connectivity index (χ4v) is 3.50. The van der Waals surface area contributed by atoms with Gasteiger partial charge in [0, 0.05) is 18.0 Å². The number of nitrogens with zero attached hydrogens (tertiary/aromatic N) is 2. The van der Waals surface area contributed by atoms with Crippen molar-refractivity contribution in [3.63, 3.8) is 0 Å². The van der Waals surface area contributed by atoms with E-state index in [0.717, 1.165) is 28.4 Å². The van der Waals surface area contributed by atoms with Crippen LogP contribution in [0.4, 0.5) is 5.82 Å². The molecule has 0 radical (unpaired) electrons. The number of rotatable bonds is 5. The molecule has 1 N–H and O–H groups in total. The lowest BCUT2D eigenvalue weighted by Gasteiger charge is -2.24. The first-order chi connectivity index (χ1) is 13.5. The molecule has 1 aliphatic rings. The fraction of sp³-hybridized carbons (Fsp3) is 0.273. The first-order valence-electron chi connectivity index (χ1n) is 9.33. The average Bonchev–Trinajstić information content (AvgIpc) is 3.11. The van der Waals surface area contributed by atoms with E-state index in [1.54, 1.807) is 13.4 Å². The van der Waals surface area contributed by atoms with E-state index in [2.05, 4.69) is 10.3 Å². The molecule has 0 aliphatic carbocycles. The SMILES string of the molecule is COc1ccc(-n2cnc3c2NC(=O)CC3c2cccc(OC(C)C)c2)cc1. The third-order valence-electron chi connectivity index (χ3n) is 4.76. The van der Waals surface area contributed by atoms with Gasteiger partial charge in [-0.1, -0.05) is 12.1 Å². The van der Waals surface area contributed by atoms with Crippen molar-refractivity contribution in [3.8, 4) is 17.2 Å². The number of carbonyl (C=O) groups excluding carboxylic acids is 1. The molecule has 3 aromatic rings. The van der Waals surface area contributed by atoms with E-state index in [0.29, 0.717) is 12.2 Å². The molecule has 1 aromatic heterocycles. The van der Waals surface area contributed by atoms with Gasteiger partial charge in [-0.3, -0.25) is 9.36 Å². The number of hydrogen-bond acceptors (Lipinski definition) is 4. The zero-order chi connectivity index (χ0) is 19.7. The molecule has 6 heteroatoms. The molecule has 0 saturated heterocycles. The van der Waals surface area contributed by atoms with Crippen LogP contribution in [0.15, 0.2) is 54.9 Å². The van der Waals surface area contributed by atoms with Crippen LogP contribution in [0.2, 0.25) is 0 Å². The highest BCUT2D eigenvalue weighted by molar-refractivity contribution is 5.94. The van der Waals surface area contributed by atoms with Gasteiger partial charge in [0.05, 0.1) is 18.9 Å². The van der Waals surface area contributed by atoms with Gasteiger partial charge in [-0.2, -0.15) is 0 Å². The minimum Gasteiger partial charge on any atom is -0.497 e. The number of hydrogen-bond donors (Lipinski definition) is 1. The quantitative estimate of drug-likeness (QED) is 0.726. The highest BCUT2D eigenvalue weighted by Crippen LogP contribution is 2.38. The summed E-state index contributed by atoms with van der Waals surface area (Å²) in [5.74, 6) is 2.15. The molecule has 0 bridgehead atoms. The molecule has 1 unspecified atom stereocenters. The number of methoxy groups -OCH3 is 1. The smallest absolute Gasteiger partial charge is 0.226 e. The summed E-state index contributed by atoms with van der Waals surface area (Å²) in [4.78, 5) is 17.1. The summed E-state index contributed by atoms with van der Waals surface area (Å²) < 4.78 is 12.9. The zero-order valence-corrected chi connectivity index (χ0v) is 16.2. The number of imidazole rings is 1. The lowest BCUT2D eigenvalue weighted by atomic mass is 9.89. The van der Waals surface area contributed by atoms with Gasteiger partial charge in [0.25, 0.3) is 0 Å². The maximum absolute atomic E-state index is 12.5. The van der Waals surface area contributed by atoms with Gasteiger partial charge in [0.15, 0.2) is 0 Å². The molecule has 144 valence electrons. The van der Waals surface area contributed by atoms with E-state index in [9.17, 15) is 4.79 Å². The summed E-state index contributed by atoms with van der Waals surface area (Å²) in [5, 5.41) is 2.98. The summed E-state index contributed by atoms with van der Waals surface area (Å²) in [5.41, 5.74) is 2.79. The van der Waals surface area contributed by atoms with E-state index in [-0.39, 0.29) is 17.9 Å². The number of aromatic nitrogens is 2. The number of amides is 1. The van der Waals surface area contributed by atoms with Crippen LogP contribution in [0.3, 0.4) is 0 Å². The largest absolute Gasteiger partial charge is 0.497 e. The molecule has 4 rings (SSSR count). The van der Waals surface area contributed by atoms with Crippen molar-refractivity contribution in [1.29, 1.82) is 0 Å². The number of ether oxygens (including phenoxy) is 2. The van der Waals surface area contributed by atoms with E-state index in [1.165, 1.54) is 0 Å². The third-order valence-corrected chi connectivity index (χ3v) is 4.76. The van der Waals surface area contributed by atoms with Crippen molar-refractivity contribution < 1.29 is 14.3 Å². The minimum atomic E-state index is -0.112. The van der Waals surface area contributed by atoms with Gasteiger partial charge >= 0.3 is 0 Å². The third kappa shape index (κ3) is 3.45. The van der Waals surface area contributed by atoms with Crippen molar-refractivity contribution in [2.45, 2.75) is 32.3 Å². The van der Waals surface area contributed by atoms with E-state index < -0.39 is 0 Å². The Morgan fingerprint density at radius 3 is 2.64 bits per heavy atom. The normalized spacial score (nSPS) is 15.9. The number of anilines is 1. The Kier molecular flexibility index (Phi) is 4.77. The average molecular weight is 377 g/mol. The van der Waals surface area contributed by atoms with Crippen molar-refractivity contribution in [1.82, 2.24) is 9.55 Å². The maximum Gasteiger partial charge on any atom is 0.226 e. The van der Waals surface area contributed by atoms with Crippen LogP contribution >= 0.6 is 0 Å². The Bertz CT molecular complexity index is 993. The molecular weight excluding hydrogens is 354 g/mol. The molecule has 6 nitrogen and oxygen atoms in total. The lowest BCUT2D eigenvalue weighted by molar-refractivity contribution is -0.116. The second-order valence-corrected chi connectivity index (χ2v) is 7.09. The maximum atomic E-state index is 12.5. The monoisotopic (exact) mass is 377 g/mol. The summed E-state index contributed by atoms with van der Waals surface area (Å²) >= 11 is 0. The first-order valence-corrected chi connectivity index (χ1v) is 9.33. The molecule has 0 fully saturated rings. The first kappa shape index (κ1) is 18.1. The molecule has 1 amide bonds. The van der Waals surface area contributed by atoms with Gasteiger partial charge in [0.2, 0.25) is 5.91 Å². The predicted molar refractivity (Wildman–Crippen MR) is 107 cm³/mol. The van der Waals surface area contributed by atoms with Crippen molar-refractivity contribution >= 4 is 11.7 Å². The van der Waals surface area contributed by atoms with Crippen molar-refractivity contribution in [3.05, 3.63) is 66.1 Å². The molecular formula is C22H23N3O3. The highest BCUT2D eigenvalue weighted by atomic mass is 16.5. The summed E-state index contributed by atoms with van der Waals surface area (Å²) in [7, 11) is 1.63. The Morgan fingerprint density at radius 1 is 1.14 bits per heavy atom. The summed E-state index contributed by atoms with van der Waals surface area (Å²) in [6.07, 6.45) is 2.20. The molecule has 1 atom stereocenters. The Morgan fingerprint density at radius 2 is 1.93 bits per heavy atom. The van der Waals surface area contributed by atoms with Crippen LogP contribution in [0, 0.1) is 0 Å². The Hall–Kier alpha value is -3.28. The molecule has 1 aliphatic heterocycles. The standard InChI is InChI=1S/C22H23N3O3/c1-14(2)28-18-6-4-5-15(11-18)19-12-20(26)24-22-21(19)23-13-25(22)16-7-9-17(27-3)10-8-16/h4-11,13-14,19H,12H2,1-3H3,(H,24,26). The number of fused-ring (bicyclic) bond motifs is 1. The van der Waals surface area contributed by atoms with Crippen LogP contribution in [-0.2, 0) is 4.79 Å². The Labute approximate surface area is 164 Å². The van der Waals surface area contributed by atoms with E-state index in [1.807, 2.05) is 66.9 Å². The van der Waals surface area contributed by atoms with Gasteiger partial charge in [-0.15, -0.1) is 0 Å². The zero-order valence-electron chi connectivity index (χ0n) is 16.2. The highest BCUT2D eigenvalue weighted by Gasteiger charge is 2.31. The van der Waals surface area contributed by atoms with Gasteiger partial charge < -0.3 is 14.8 Å². The predicted octanol–water partition coefficient (Wildman–Crippen LogP) is 4.14. The number of nitrogens with one attached hydrogen (secondary N) is 1. The van der Waals surface area contributed by atoms with Crippen LogP contribution in [0.1, 0.15) is 37.4 Å². The summed E-state index contributed by atoms with van der Waals surface area (Å²) in [6.45, 7) is 3.99. The van der Waals surface area contributed by atoms with Crippen LogP contribution in [0.5, 0.6) is 11.5 Å². The van der Waals surface area contributed by atoms with Gasteiger partial charge in [-0.25, -0.2) is 4.98 Å². The lowest BCUT2D eigenvalue weighted by Crippen LogP contribution is -2.25. The molecule has 0 spiro atoms. The van der Waals surface area contributed by atoms with E-state index >= 15 is 0 Å². The van der Waals surface area contributed by atoms with Gasteiger partial charge in [0.1, 0.15) is 23.6 Å². The molecule has 0 saturated carbocycles. The fourth-order valence-electron chi connectivity index (χ4n) is 3.50. The molecule has 2 heterocycles. The summed E-state index contributed by atoms with van der Waals surface area (Å²) in [6, 6.07) is 15.6. The number of carbonyl (C=O) groups is 1. The number of benzene rings is 2. The van der Waals surface area contributed by atoms with E-state index in [4.69, 9.17) is 9.47 Å². The topological polar surface area (TPSA) is 65.4 Å². The Balaban J connectivity index is 1.72. The van der Waals surface area contributed by atoms with Crippen molar-refractivity contribution in [2.24, 2.45) is 0 Å².